The number of rotatable bonds is 6. The van der Waals surface area contributed by atoms with Gasteiger partial charge in [-0.25, -0.2) is 9.18 Å². The van der Waals surface area contributed by atoms with Gasteiger partial charge in [-0.2, -0.15) is 0 Å². The number of hydrogen-bond donors (Lipinski definition) is 4. The molecule has 8 nitrogen and oxygen atoms in total. The Morgan fingerprint density at radius 1 is 1.13 bits per heavy atom. The van der Waals surface area contributed by atoms with Gasteiger partial charge in [0.1, 0.15) is 18.4 Å². The fourth-order valence-electron chi connectivity index (χ4n) is 6.89. The molecule has 3 fully saturated rings. The van der Waals surface area contributed by atoms with Gasteiger partial charge >= 0.3 is 5.97 Å². The number of nitrogens with two attached hydrogens (primary N) is 1. The number of carboxylic acids is 1. The van der Waals surface area contributed by atoms with Gasteiger partial charge in [0.15, 0.2) is 0 Å². The number of carbonyl (C=O) groups is 3. The summed E-state index contributed by atoms with van der Waals surface area (Å²) in [5.74, 6) is -1.32. The van der Waals surface area contributed by atoms with Gasteiger partial charge in [-0.05, 0) is 100.0 Å². The number of benzene rings is 1. The summed E-state index contributed by atoms with van der Waals surface area (Å²) in [6.07, 6.45) is 8.86. The molecular weight excluding hydrogens is 499 g/mol. The van der Waals surface area contributed by atoms with E-state index in [9.17, 15) is 23.9 Å². The fraction of sp³-hybridized carbons (Fsp3) is 0.567. The van der Waals surface area contributed by atoms with Crippen molar-refractivity contribution in [3.05, 3.63) is 40.6 Å². The molecule has 0 radical (unpaired) electrons. The number of anilines is 1. The molecule has 2 heterocycles. The second kappa shape index (κ2) is 11.5. The zero-order chi connectivity index (χ0) is 27.7. The molecule has 1 aromatic carbocycles. The van der Waals surface area contributed by atoms with Crippen molar-refractivity contribution in [3.63, 3.8) is 0 Å². The highest BCUT2D eigenvalue weighted by Gasteiger charge is 2.42. The molecule has 1 aliphatic heterocycles. The number of alkyl halides is 1. The predicted octanol–water partition coefficient (Wildman–Crippen LogP) is 5.08. The molecule has 5 N–H and O–H groups in total. The summed E-state index contributed by atoms with van der Waals surface area (Å²) in [5.41, 5.74) is 10.3. The average molecular weight is 539 g/mol. The molecule has 1 unspecified atom stereocenters. The average Bonchev–Trinajstić information content (AvgIpc) is 3.54. The number of aromatic amines is 1. The lowest BCUT2D eigenvalue weighted by molar-refractivity contribution is -0.140. The molecule has 5 rings (SSSR count). The van der Waals surface area contributed by atoms with Crippen LogP contribution in [-0.4, -0.2) is 58.1 Å². The molecule has 1 saturated heterocycles. The van der Waals surface area contributed by atoms with Crippen molar-refractivity contribution in [2.24, 2.45) is 17.6 Å². The van der Waals surface area contributed by atoms with E-state index >= 15 is 0 Å². The standard InChI is InChI=1S/C30H39FN4O4/c1-17-23-15-21(11-12-25(23)34-26(17)30(38)39)33-28(36)27-22(18-5-3-2-4-6-18)13-14-35(27)29(37)20-9-7-19(8-10-20)24(32)16-31/h11-12,15,19-20,24,27,34H,2-10,13-14,16,32H2,1H3,(H,33,36)(H,38,39)/t19?,20?,24?,27-/m0/s1. The number of carbonyl (C=O) groups excluding carboxylic acids is 2. The molecule has 39 heavy (non-hydrogen) atoms. The number of fused-ring (bicyclic) bond motifs is 1. The molecule has 2 aliphatic carbocycles. The fourth-order valence-corrected chi connectivity index (χ4v) is 6.89. The van der Waals surface area contributed by atoms with Gasteiger partial charge in [0.2, 0.25) is 5.91 Å². The van der Waals surface area contributed by atoms with Crippen LogP contribution in [0.5, 0.6) is 0 Å². The number of aryl methyl sites for hydroxylation is 1. The molecule has 1 aromatic heterocycles. The predicted molar refractivity (Wildman–Crippen MR) is 148 cm³/mol. The first kappa shape index (κ1) is 27.4. The van der Waals surface area contributed by atoms with Crippen LogP contribution >= 0.6 is 0 Å². The number of amides is 2. The number of H-pyrrole nitrogens is 1. The van der Waals surface area contributed by atoms with E-state index in [1.807, 2.05) is 0 Å². The monoisotopic (exact) mass is 538 g/mol. The molecule has 0 bridgehead atoms. The normalized spacial score (nSPS) is 24.7. The molecule has 2 atom stereocenters. The molecule has 3 aliphatic rings. The third kappa shape index (κ3) is 5.46. The van der Waals surface area contributed by atoms with Crippen LogP contribution in [0, 0.1) is 18.8 Å². The number of likely N-dealkylation sites (tertiary alicyclic amines) is 1. The minimum Gasteiger partial charge on any atom is -0.477 e. The second-order valence-electron chi connectivity index (χ2n) is 11.5. The molecule has 2 saturated carbocycles. The van der Waals surface area contributed by atoms with Crippen LogP contribution < -0.4 is 11.1 Å². The van der Waals surface area contributed by atoms with Crippen LogP contribution in [0.4, 0.5) is 10.1 Å². The van der Waals surface area contributed by atoms with Crippen molar-refractivity contribution in [1.82, 2.24) is 9.88 Å². The number of aromatic nitrogens is 1. The van der Waals surface area contributed by atoms with E-state index in [-0.39, 0.29) is 29.3 Å². The van der Waals surface area contributed by atoms with Crippen LogP contribution in [-0.2, 0) is 9.59 Å². The summed E-state index contributed by atoms with van der Waals surface area (Å²) in [4.78, 5) is 43.9. The van der Waals surface area contributed by atoms with Gasteiger partial charge in [-0.3, -0.25) is 9.59 Å². The first-order valence-corrected chi connectivity index (χ1v) is 14.3. The topological polar surface area (TPSA) is 129 Å². The van der Waals surface area contributed by atoms with Gasteiger partial charge in [0, 0.05) is 35.1 Å². The summed E-state index contributed by atoms with van der Waals surface area (Å²) in [7, 11) is 0. The highest BCUT2D eigenvalue weighted by molar-refractivity contribution is 6.03. The Kier molecular flexibility index (Phi) is 8.07. The van der Waals surface area contributed by atoms with Gasteiger partial charge in [0.25, 0.3) is 5.91 Å². The summed E-state index contributed by atoms with van der Waals surface area (Å²) in [6, 6.07) is 4.19. The molecular formula is C30H39FN4O4. The lowest BCUT2D eigenvalue weighted by Crippen LogP contribution is -2.47. The summed E-state index contributed by atoms with van der Waals surface area (Å²) < 4.78 is 13.1. The van der Waals surface area contributed by atoms with Gasteiger partial charge in [-0.15, -0.1) is 0 Å². The number of nitrogens with one attached hydrogen (secondary N) is 2. The van der Waals surface area contributed by atoms with Crippen LogP contribution in [0.3, 0.4) is 0 Å². The van der Waals surface area contributed by atoms with Crippen molar-refractivity contribution >= 4 is 34.4 Å². The SMILES string of the molecule is Cc1c(C(=O)O)[nH]c2ccc(NC(=O)[C@@H]3C(=C4CCCCC4)CCN3C(=O)C3CCC(C(N)CF)CC3)cc12. The van der Waals surface area contributed by atoms with Crippen molar-refractivity contribution in [2.45, 2.75) is 83.2 Å². The number of aromatic carboxylic acids is 1. The number of carboxylic acid groups (broad SMARTS) is 1. The van der Waals surface area contributed by atoms with Crippen LogP contribution in [0.25, 0.3) is 10.9 Å². The van der Waals surface area contributed by atoms with E-state index in [1.54, 1.807) is 30.0 Å². The minimum atomic E-state index is -1.03. The van der Waals surface area contributed by atoms with Crippen LogP contribution in [0.1, 0.15) is 80.3 Å². The van der Waals surface area contributed by atoms with Gasteiger partial charge in [0.05, 0.1) is 0 Å². The zero-order valence-corrected chi connectivity index (χ0v) is 22.6. The van der Waals surface area contributed by atoms with Crippen molar-refractivity contribution in [1.29, 1.82) is 0 Å². The quantitative estimate of drug-likeness (QED) is 0.382. The number of nitrogens with zero attached hydrogens (tertiary/aromatic N) is 1. The summed E-state index contributed by atoms with van der Waals surface area (Å²) in [6.45, 7) is 1.73. The summed E-state index contributed by atoms with van der Waals surface area (Å²) in [5, 5.41) is 13.2. The Morgan fingerprint density at radius 2 is 1.85 bits per heavy atom. The van der Waals surface area contributed by atoms with E-state index in [0.717, 1.165) is 49.5 Å². The Balaban J connectivity index is 1.39. The maximum atomic E-state index is 13.9. The second-order valence-corrected chi connectivity index (χ2v) is 11.5. The molecule has 2 aromatic rings. The highest BCUT2D eigenvalue weighted by atomic mass is 19.1. The molecule has 9 heteroatoms. The Morgan fingerprint density at radius 3 is 2.51 bits per heavy atom. The Labute approximate surface area is 228 Å². The minimum absolute atomic E-state index is 0.0110. The molecule has 0 spiro atoms. The number of halogens is 1. The van der Waals surface area contributed by atoms with Crippen molar-refractivity contribution in [3.8, 4) is 0 Å². The summed E-state index contributed by atoms with van der Waals surface area (Å²) >= 11 is 0. The van der Waals surface area contributed by atoms with E-state index < -0.39 is 24.7 Å². The van der Waals surface area contributed by atoms with E-state index in [0.29, 0.717) is 42.6 Å². The number of allylic oxidation sites excluding steroid dienone is 1. The Bertz CT molecular complexity index is 1290. The van der Waals surface area contributed by atoms with E-state index in [1.165, 1.54) is 12.0 Å². The number of hydrogen-bond acceptors (Lipinski definition) is 4. The maximum absolute atomic E-state index is 13.9. The van der Waals surface area contributed by atoms with Crippen molar-refractivity contribution in [2.75, 3.05) is 18.5 Å². The largest absolute Gasteiger partial charge is 0.477 e. The molecule has 210 valence electrons. The third-order valence-electron chi connectivity index (χ3n) is 9.15. The third-order valence-corrected chi connectivity index (χ3v) is 9.15. The zero-order valence-electron chi connectivity index (χ0n) is 22.6. The maximum Gasteiger partial charge on any atom is 0.352 e. The van der Waals surface area contributed by atoms with Crippen molar-refractivity contribution < 1.29 is 23.9 Å². The van der Waals surface area contributed by atoms with E-state index in [4.69, 9.17) is 5.73 Å². The lowest BCUT2D eigenvalue weighted by Gasteiger charge is -2.34. The van der Waals surface area contributed by atoms with Crippen LogP contribution in [0.2, 0.25) is 0 Å². The first-order valence-electron chi connectivity index (χ1n) is 14.3. The highest BCUT2D eigenvalue weighted by Crippen LogP contribution is 2.38. The first-order chi connectivity index (χ1) is 18.8. The molecule has 2 amide bonds. The van der Waals surface area contributed by atoms with E-state index in [2.05, 4.69) is 10.3 Å². The van der Waals surface area contributed by atoms with Gasteiger partial charge in [-0.1, -0.05) is 12.0 Å². The van der Waals surface area contributed by atoms with Gasteiger partial charge < -0.3 is 26.0 Å². The Hall–Kier alpha value is -3.20. The van der Waals surface area contributed by atoms with Crippen LogP contribution in [0.15, 0.2) is 29.3 Å². The smallest absolute Gasteiger partial charge is 0.352 e. The lowest BCUT2D eigenvalue weighted by atomic mass is 9.78.